The van der Waals surface area contributed by atoms with Gasteiger partial charge >= 0.3 is 0 Å². The van der Waals surface area contributed by atoms with E-state index in [4.69, 9.17) is 0 Å². The average molecular weight is 370 g/mol. The van der Waals surface area contributed by atoms with Crippen LogP contribution in [0.15, 0.2) is 54.9 Å². The van der Waals surface area contributed by atoms with Crippen molar-refractivity contribution < 1.29 is 0 Å². The van der Waals surface area contributed by atoms with E-state index in [1.165, 1.54) is 5.56 Å². The summed E-state index contributed by atoms with van der Waals surface area (Å²) in [6.07, 6.45) is 4.16. The zero-order valence-electron chi connectivity index (χ0n) is 15.9. The summed E-state index contributed by atoms with van der Waals surface area (Å²) in [4.78, 5) is 8.56. The van der Waals surface area contributed by atoms with Crippen molar-refractivity contribution in [3.8, 4) is 6.07 Å². The zero-order chi connectivity index (χ0) is 19.3. The quantitative estimate of drug-likeness (QED) is 0.703. The standard InChI is InChI=1S/C22H22N6/c1-17-13-20(14-18-5-3-2-4-6-18)25-26-22(17)28-11-9-27(10-12-28)21-7-8-24-16-19(21)15-23/h2-8,13,16H,9-12,14H2,1H3. The molecule has 3 heterocycles. The van der Waals surface area contributed by atoms with Gasteiger partial charge in [0, 0.05) is 45.0 Å². The highest BCUT2D eigenvalue weighted by molar-refractivity contribution is 5.59. The summed E-state index contributed by atoms with van der Waals surface area (Å²) >= 11 is 0. The Labute approximate surface area is 165 Å². The third kappa shape index (κ3) is 3.79. The lowest BCUT2D eigenvalue weighted by Crippen LogP contribution is -2.47. The van der Waals surface area contributed by atoms with Gasteiger partial charge in [0.25, 0.3) is 0 Å². The molecule has 1 aliphatic rings. The van der Waals surface area contributed by atoms with Crippen LogP contribution in [0, 0.1) is 18.3 Å². The molecule has 6 nitrogen and oxygen atoms in total. The van der Waals surface area contributed by atoms with Crippen molar-refractivity contribution in [1.29, 1.82) is 5.26 Å². The van der Waals surface area contributed by atoms with E-state index in [0.29, 0.717) is 5.56 Å². The Balaban J connectivity index is 1.44. The summed E-state index contributed by atoms with van der Waals surface area (Å²) in [6, 6.07) is 16.6. The second-order valence-electron chi connectivity index (χ2n) is 6.98. The molecule has 2 aromatic heterocycles. The molecule has 0 atom stereocenters. The van der Waals surface area contributed by atoms with Gasteiger partial charge in [0.2, 0.25) is 0 Å². The number of benzene rings is 1. The Morgan fingerprint density at radius 2 is 1.75 bits per heavy atom. The summed E-state index contributed by atoms with van der Waals surface area (Å²) in [5, 5.41) is 18.3. The van der Waals surface area contributed by atoms with Gasteiger partial charge in [-0.15, -0.1) is 5.10 Å². The first-order valence-corrected chi connectivity index (χ1v) is 9.46. The van der Waals surface area contributed by atoms with E-state index < -0.39 is 0 Å². The van der Waals surface area contributed by atoms with Crippen LogP contribution < -0.4 is 9.80 Å². The van der Waals surface area contributed by atoms with Gasteiger partial charge in [-0.1, -0.05) is 30.3 Å². The van der Waals surface area contributed by atoms with Crippen molar-refractivity contribution in [3.63, 3.8) is 0 Å². The van der Waals surface area contributed by atoms with Gasteiger partial charge in [0.1, 0.15) is 6.07 Å². The first-order chi connectivity index (χ1) is 13.7. The van der Waals surface area contributed by atoms with E-state index in [-0.39, 0.29) is 0 Å². The molecule has 0 amide bonds. The van der Waals surface area contributed by atoms with E-state index in [0.717, 1.165) is 55.4 Å². The second-order valence-corrected chi connectivity index (χ2v) is 6.98. The largest absolute Gasteiger partial charge is 0.367 e. The van der Waals surface area contributed by atoms with Crippen LogP contribution in [0.25, 0.3) is 0 Å². The van der Waals surface area contributed by atoms with Gasteiger partial charge in [0.15, 0.2) is 5.82 Å². The number of hydrogen-bond acceptors (Lipinski definition) is 6. The molecule has 0 spiro atoms. The van der Waals surface area contributed by atoms with Gasteiger partial charge < -0.3 is 9.80 Å². The lowest BCUT2D eigenvalue weighted by atomic mass is 10.1. The number of aromatic nitrogens is 3. The maximum absolute atomic E-state index is 9.30. The third-order valence-electron chi connectivity index (χ3n) is 5.08. The molecular formula is C22H22N6. The minimum Gasteiger partial charge on any atom is -0.367 e. The molecule has 0 unspecified atom stereocenters. The van der Waals surface area contributed by atoms with Crippen LogP contribution in [0.4, 0.5) is 11.5 Å². The molecule has 1 aliphatic heterocycles. The van der Waals surface area contributed by atoms with Gasteiger partial charge in [-0.25, -0.2) is 0 Å². The first kappa shape index (κ1) is 17.9. The first-order valence-electron chi connectivity index (χ1n) is 9.46. The zero-order valence-corrected chi connectivity index (χ0v) is 15.9. The Morgan fingerprint density at radius 3 is 2.46 bits per heavy atom. The summed E-state index contributed by atoms with van der Waals surface area (Å²) in [6.45, 7) is 5.47. The highest BCUT2D eigenvalue weighted by Crippen LogP contribution is 2.23. The molecule has 4 rings (SSSR count). The summed E-state index contributed by atoms with van der Waals surface area (Å²) in [5.74, 6) is 0.951. The Hall–Kier alpha value is -3.46. The molecule has 0 saturated carbocycles. The molecule has 0 aliphatic carbocycles. The van der Waals surface area contributed by atoms with Crippen molar-refractivity contribution in [2.24, 2.45) is 0 Å². The minimum atomic E-state index is 0.622. The van der Waals surface area contributed by atoms with E-state index in [9.17, 15) is 5.26 Å². The fourth-order valence-corrected chi connectivity index (χ4v) is 3.65. The van der Waals surface area contributed by atoms with E-state index in [2.05, 4.69) is 56.2 Å². The van der Waals surface area contributed by atoms with Crippen molar-refractivity contribution in [2.75, 3.05) is 36.0 Å². The van der Waals surface area contributed by atoms with Crippen LogP contribution in [0.5, 0.6) is 0 Å². The Kier molecular flexibility index (Phi) is 5.16. The number of pyridine rings is 1. The van der Waals surface area contributed by atoms with Gasteiger partial charge in [-0.2, -0.15) is 10.4 Å². The molecule has 0 radical (unpaired) electrons. The molecule has 0 N–H and O–H groups in total. The lowest BCUT2D eigenvalue weighted by molar-refractivity contribution is 0.640. The summed E-state index contributed by atoms with van der Waals surface area (Å²) in [5.41, 5.74) is 4.95. The predicted octanol–water partition coefficient (Wildman–Crippen LogP) is 2.97. The highest BCUT2D eigenvalue weighted by atomic mass is 15.3. The van der Waals surface area contributed by atoms with Gasteiger partial charge in [0.05, 0.1) is 16.9 Å². The van der Waals surface area contributed by atoms with Crippen LogP contribution in [-0.2, 0) is 6.42 Å². The van der Waals surface area contributed by atoms with Gasteiger partial charge in [-0.3, -0.25) is 4.98 Å². The number of piperazine rings is 1. The fraction of sp³-hybridized carbons (Fsp3) is 0.273. The summed E-state index contributed by atoms with van der Waals surface area (Å²) in [7, 11) is 0. The van der Waals surface area contributed by atoms with Crippen LogP contribution >= 0.6 is 0 Å². The number of nitrogens with zero attached hydrogens (tertiary/aromatic N) is 6. The maximum Gasteiger partial charge on any atom is 0.154 e. The number of hydrogen-bond donors (Lipinski definition) is 0. The van der Waals surface area contributed by atoms with Crippen LogP contribution in [0.2, 0.25) is 0 Å². The normalized spacial score (nSPS) is 14.0. The smallest absolute Gasteiger partial charge is 0.154 e. The Morgan fingerprint density at radius 1 is 1.00 bits per heavy atom. The van der Waals surface area contributed by atoms with Crippen LogP contribution in [-0.4, -0.2) is 41.4 Å². The fourth-order valence-electron chi connectivity index (χ4n) is 3.65. The highest BCUT2D eigenvalue weighted by Gasteiger charge is 2.21. The molecule has 28 heavy (non-hydrogen) atoms. The van der Waals surface area contributed by atoms with Crippen molar-refractivity contribution in [1.82, 2.24) is 15.2 Å². The minimum absolute atomic E-state index is 0.622. The topological polar surface area (TPSA) is 68.9 Å². The Bertz CT molecular complexity index is 987. The molecule has 0 bridgehead atoms. The van der Waals surface area contributed by atoms with Crippen molar-refractivity contribution in [3.05, 3.63) is 77.2 Å². The number of rotatable bonds is 4. The second kappa shape index (κ2) is 8.05. The van der Waals surface area contributed by atoms with E-state index >= 15 is 0 Å². The van der Waals surface area contributed by atoms with Crippen LogP contribution in [0.3, 0.4) is 0 Å². The SMILES string of the molecule is Cc1cc(Cc2ccccc2)nnc1N1CCN(c2ccncc2C#N)CC1. The van der Waals surface area contributed by atoms with Crippen LogP contribution in [0.1, 0.15) is 22.4 Å². The van der Waals surface area contributed by atoms with Gasteiger partial charge in [-0.05, 0) is 30.2 Å². The molecule has 1 aromatic carbocycles. The lowest BCUT2D eigenvalue weighted by Gasteiger charge is -2.37. The monoisotopic (exact) mass is 370 g/mol. The summed E-state index contributed by atoms with van der Waals surface area (Å²) < 4.78 is 0. The molecule has 3 aromatic rings. The van der Waals surface area contributed by atoms with E-state index in [1.807, 2.05) is 24.3 Å². The maximum atomic E-state index is 9.30. The average Bonchev–Trinajstić information content (AvgIpc) is 2.75. The van der Waals surface area contributed by atoms with E-state index in [1.54, 1.807) is 12.4 Å². The number of aryl methyl sites for hydroxylation is 1. The predicted molar refractivity (Wildman–Crippen MR) is 109 cm³/mol. The molecule has 1 fully saturated rings. The molecule has 6 heteroatoms. The molecule has 1 saturated heterocycles. The third-order valence-corrected chi connectivity index (χ3v) is 5.08. The van der Waals surface area contributed by atoms with Crippen molar-refractivity contribution in [2.45, 2.75) is 13.3 Å². The number of nitriles is 1. The van der Waals surface area contributed by atoms with Crippen molar-refractivity contribution >= 4 is 11.5 Å². The molecule has 140 valence electrons. The number of anilines is 2. The molecular weight excluding hydrogens is 348 g/mol.